The minimum absolute atomic E-state index is 0.338. The summed E-state index contributed by atoms with van der Waals surface area (Å²) in [5, 5.41) is 19.2. The van der Waals surface area contributed by atoms with E-state index in [9.17, 15) is 9.50 Å². The van der Waals surface area contributed by atoms with Crippen LogP contribution in [0.3, 0.4) is 0 Å². The molecular weight excluding hydrogens is 289 g/mol. The van der Waals surface area contributed by atoms with Crippen LogP contribution in [0.25, 0.3) is 0 Å². The van der Waals surface area contributed by atoms with Crippen LogP contribution < -0.4 is 0 Å². The van der Waals surface area contributed by atoms with E-state index in [2.05, 4.69) is 14.8 Å². The summed E-state index contributed by atoms with van der Waals surface area (Å²) >= 11 is 1.44. The van der Waals surface area contributed by atoms with Crippen LogP contribution in [0, 0.1) is 5.82 Å². The first-order chi connectivity index (χ1) is 10.1. The highest BCUT2D eigenvalue weighted by atomic mass is 32.2. The highest BCUT2D eigenvalue weighted by Crippen LogP contribution is 2.34. The summed E-state index contributed by atoms with van der Waals surface area (Å²) in [4.78, 5) is 0.825. The Balaban J connectivity index is 1.92. The van der Waals surface area contributed by atoms with E-state index < -0.39 is 6.10 Å². The summed E-state index contributed by atoms with van der Waals surface area (Å²) in [6.45, 7) is 2.57. The minimum atomic E-state index is -0.713. The van der Waals surface area contributed by atoms with Crippen molar-refractivity contribution in [2.75, 3.05) is 0 Å². The molecule has 0 bridgehead atoms. The lowest BCUT2D eigenvalue weighted by Crippen LogP contribution is -2.03. The van der Waals surface area contributed by atoms with E-state index >= 15 is 0 Å². The molecular formula is C15H18FN3OS. The van der Waals surface area contributed by atoms with Gasteiger partial charge >= 0.3 is 0 Å². The molecule has 1 aromatic carbocycles. The minimum Gasteiger partial charge on any atom is -0.389 e. The molecule has 2 heterocycles. The van der Waals surface area contributed by atoms with Crippen LogP contribution in [0.15, 0.2) is 28.3 Å². The largest absolute Gasteiger partial charge is 0.389 e. The summed E-state index contributed by atoms with van der Waals surface area (Å²) < 4.78 is 15.5. The van der Waals surface area contributed by atoms with Gasteiger partial charge in [0.1, 0.15) is 11.6 Å². The molecule has 1 aliphatic rings. The van der Waals surface area contributed by atoms with E-state index in [1.165, 1.54) is 30.3 Å². The molecule has 0 saturated heterocycles. The number of aliphatic hydroxyl groups is 1. The smallest absolute Gasteiger partial charge is 0.196 e. The SMILES string of the molecule is C[C@@H](O)c1cc(F)ccc1Sc1nnc2n1CCCCC2. The van der Waals surface area contributed by atoms with Crippen molar-refractivity contribution in [3.05, 3.63) is 35.4 Å². The molecule has 0 saturated carbocycles. The Morgan fingerprint density at radius 3 is 2.95 bits per heavy atom. The molecule has 0 unspecified atom stereocenters. The average molecular weight is 307 g/mol. The van der Waals surface area contributed by atoms with Gasteiger partial charge in [0.15, 0.2) is 5.16 Å². The van der Waals surface area contributed by atoms with Gasteiger partial charge < -0.3 is 9.67 Å². The van der Waals surface area contributed by atoms with Gasteiger partial charge in [0, 0.05) is 17.9 Å². The maximum Gasteiger partial charge on any atom is 0.196 e. The third kappa shape index (κ3) is 3.11. The van der Waals surface area contributed by atoms with Crippen molar-refractivity contribution in [3.8, 4) is 0 Å². The van der Waals surface area contributed by atoms with Crippen molar-refractivity contribution in [2.24, 2.45) is 0 Å². The number of rotatable bonds is 3. The van der Waals surface area contributed by atoms with E-state index in [0.717, 1.165) is 41.7 Å². The molecule has 1 aliphatic heterocycles. The van der Waals surface area contributed by atoms with Gasteiger partial charge in [-0.25, -0.2) is 4.39 Å². The number of halogens is 1. The maximum atomic E-state index is 13.4. The quantitative estimate of drug-likeness (QED) is 0.945. The van der Waals surface area contributed by atoms with Crippen LogP contribution in [-0.4, -0.2) is 19.9 Å². The molecule has 4 nitrogen and oxygen atoms in total. The van der Waals surface area contributed by atoms with E-state index in [-0.39, 0.29) is 5.82 Å². The van der Waals surface area contributed by atoms with E-state index in [4.69, 9.17) is 0 Å². The fourth-order valence-corrected chi connectivity index (χ4v) is 3.64. The van der Waals surface area contributed by atoms with E-state index in [1.54, 1.807) is 13.0 Å². The van der Waals surface area contributed by atoms with Crippen LogP contribution in [0.5, 0.6) is 0 Å². The van der Waals surface area contributed by atoms with Crippen molar-refractivity contribution in [1.29, 1.82) is 0 Å². The van der Waals surface area contributed by atoms with E-state index in [0.29, 0.717) is 5.56 Å². The standard InChI is InChI=1S/C15H18FN3OS/c1-10(20)12-9-11(16)6-7-13(12)21-15-18-17-14-5-3-2-4-8-19(14)15/h6-7,9-10,20H,2-5,8H2,1H3/t10-/m1/s1. The topological polar surface area (TPSA) is 50.9 Å². The van der Waals surface area contributed by atoms with Gasteiger partial charge in [0.2, 0.25) is 0 Å². The lowest BCUT2D eigenvalue weighted by Gasteiger charge is -2.12. The molecule has 0 amide bonds. The molecule has 1 aromatic heterocycles. The van der Waals surface area contributed by atoms with Crippen molar-refractivity contribution < 1.29 is 9.50 Å². The Bertz CT molecular complexity index is 642. The van der Waals surface area contributed by atoms with Crippen molar-refractivity contribution in [3.63, 3.8) is 0 Å². The maximum absolute atomic E-state index is 13.4. The molecule has 1 N–H and O–H groups in total. The van der Waals surface area contributed by atoms with Gasteiger partial charge in [-0.15, -0.1) is 10.2 Å². The number of aliphatic hydroxyl groups excluding tert-OH is 1. The molecule has 112 valence electrons. The Labute approximate surface area is 127 Å². The lowest BCUT2D eigenvalue weighted by atomic mass is 10.1. The first-order valence-electron chi connectivity index (χ1n) is 7.22. The Morgan fingerprint density at radius 2 is 2.14 bits per heavy atom. The number of benzene rings is 1. The summed E-state index contributed by atoms with van der Waals surface area (Å²) in [5.74, 6) is 0.686. The fraction of sp³-hybridized carbons (Fsp3) is 0.467. The predicted molar refractivity (Wildman–Crippen MR) is 78.7 cm³/mol. The molecule has 0 fully saturated rings. The van der Waals surface area contributed by atoms with Gasteiger partial charge in [-0.3, -0.25) is 0 Å². The zero-order chi connectivity index (χ0) is 14.8. The van der Waals surface area contributed by atoms with Gasteiger partial charge in [0.25, 0.3) is 0 Å². The molecule has 0 radical (unpaired) electrons. The number of nitrogens with zero attached hydrogens (tertiary/aromatic N) is 3. The zero-order valence-corrected chi connectivity index (χ0v) is 12.7. The second-order valence-corrected chi connectivity index (χ2v) is 6.33. The van der Waals surface area contributed by atoms with Crippen LogP contribution in [0.4, 0.5) is 4.39 Å². The molecule has 21 heavy (non-hydrogen) atoms. The second kappa shape index (κ2) is 6.15. The van der Waals surface area contributed by atoms with Crippen molar-refractivity contribution >= 4 is 11.8 Å². The van der Waals surface area contributed by atoms with Crippen LogP contribution >= 0.6 is 11.8 Å². The van der Waals surface area contributed by atoms with Gasteiger partial charge in [0.05, 0.1) is 6.10 Å². The first-order valence-corrected chi connectivity index (χ1v) is 8.04. The Kier molecular flexibility index (Phi) is 4.26. The third-order valence-corrected chi connectivity index (χ3v) is 4.78. The number of fused-ring (bicyclic) bond motifs is 1. The zero-order valence-electron chi connectivity index (χ0n) is 11.9. The van der Waals surface area contributed by atoms with Gasteiger partial charge in [-0.1, -0.05) is 6.42 Å². The molecule has 0 spiro atoms. The normalized spacial score (nSPS) is 16.3. The van der Waals surface area contributed by atoms with Gasteiger partial charge in [-0.2, -0.15) is 0 Å². The van der Waals surface area contributed by atoms with Crippen LogP contribution in [0.1, 0.15) is 43.7 Å². The molecule has 0 aliphatic carbocycles. The number of hydrogen-bond donors (Lipinski definition) is 1. The summed E-state index contributed by atoms with van der Waals surface area (Å²) in [5.41, 5.74) is 0.589. The monoisotopic (exact) mass is 307 g/mol. The van der Waals surface area contributed by atoms with Crippen molar-refractivity contribution in [2.45, 2.75) is 55.3 Å². The highest BCUT2D eigenvalue weighted by molar-refractivity contribution is 7.99. The average Bonchev–Trinajstić information content (AvgIpc) is 2.69. The molecule has 2 aromatic rings. The first kappa shape index (κ1) is 14.5. The van der Waals surface area contributed by atoms with E-state index in [1.807, 2.05) is 0 Å². The number of aromatic nitrogens is 3. The Hall–Kier alpha value is -1.40. The summed E-state index contributed by atoms with van der Waals surface area (Å²) in [7, 11) is 0. The third-order valence-electron chi connectivity index (χ3n) is 3.70. The van der Waals surface area contributed by atoms with Crippen LogP contribution in [-0.2, 0) is 13.0 Å². The van der Waals surface area contributed by atoms with Crippen LogP contribution in [0.2, 0.25) is 0 Å². The predicted octanol–water partition coefficient (Wildman–Crippen LogP) is 3.35. The fourth-order valence-electron chi connectivity index (χ4n) is 2.57. The summed E-state index contributed by atoms with van der Waals surface area (Å²) in [6, 6.07) is 4.49. The lowest BCUT2D eigenvalue weighted by molar-refractivity contribution is 0.196. The summed E-state index contributed by atoms with van der Waals surface area (Å²) in [6.07, 6.45) is 3.74. The second-order valence-electron chi connectivity index (χ2n) is 5.32. The highest BCUT2D eigenvalue weighted by Gasteiger charge is 2.18. The molecule has 1 atom stereocenters. The molecule has 6 heteroatoms. The number of aryl methyl sites for hydroxylation is 1. The number of hydrogen-bond acceptors (Lipinski definition) is 4. The van der Waals surface area contributed by atoms with Gasteiger partial charge in [-0.05, 0) is 55.3 Å². The van der Waals surface area contributed by atoms with Crippen molar-refractivity contribution in [1.82, 2.24) is 14.8 Å². The molecule has 3 rings (SSSR count). The Morgan fingerprint density at radius 1 is 1.29 bits per heavy atom.